The van der Waals surface area contributed by atoms with Gasteiger partial charge in [-0.2, -0.15) is 0 Å². The molecule has 1 atom stereocenters. The highest BCUT2D eigenvalue weighted by atomic mass is 35.5. The van der Waals surface area contributed by atoms with Crippen molar-refractivity contribution >= 4 is 41.1 Å². The number of unbranched alkanes of at least 4 members (excludes halogenated alkanes) is 1. The lowest BCUT2D eigenvalue weighted by Crippen LogP contribution is -2.34. The molecule has 0 heterocycles. The maximum Gasteiger partial charge on any atom is 0.339 e. The monoisotopic (exact) mass is 625 g/mol. The lowest BCUT2D eigenvalue weighted by molar-refractivity contribution is -0.138. The van der Waals surface area contributed by atoms with E-state index in [-0.39, 0.29) is 17.2 Å². The lowest BCUT2D eigenvalue weighted by Gasteiger charge is -2.18. The molecule has 0 saturated carbocycles. The molecule has 0 spiro atoms. The number of carbonyl (C=O) groups is 4. The van der Waals surface area contributed by atoms with Crippen LogP contribution >= 0.6 is 11.6 Å². The number of esters is 1. The number of methoxy groups -OCH3 is 1. The van der Waals surface area contributed by atoms with E-state index in [0.717, 1.165) is 32.5 Å². The van der Waals surface area contributed by atoms with Gasteiger partial charge in [0.2, 0.25) is 0 Å². The van der Waals surface area contributed by atoms with Crippen molar-refractivity contribution in [2.45, 2.75) is 46.1 Å². The molecular formula is C29H44ClN5O8. The zero-order chi connectivity index (χ0) is 32.9. The van der Waals surface area contributed by atoms with E-state index >= 15 is 0 Å². The van der Waals surface area contributed by atoms with Gasteiger partial charge >= 0.3 is 17.9 Å². The van der Waals surface area contributed by atoms with Gasteiger partial charge in [-0.3, -0.25) is 14.4 Å². The van der Waals surface area contributed by atoms with Gasteiger partial charge < -0.3 is 47.1 Å². The molecule has 2 rings (SSSR count). The highest BCUT2D eigenvalue weighted by Gasteiger charge is 2.15. The molecule has 0 aliphatic heterocycles. The number of anilines is 1. The van der Waals surface area contributed by atoms with Gasteiger partial charge in [-0.05, 0) is 50.7 Å². The summed E-state index contributed by atoms with van der Waals surface area (Å²) < 4.78 is 9.85. The molecule has 0 bridgehead atoms. The number of carboxylic acid groups (broad SMARTS) is 2. The minimum Gasteiger partial charge on any atom is -0.496 e. The summed E-state index contributed by atoms with van der Waals surface area (Å²) in [7, 11) is 1.50. The zero-order valence-corrected chi connectivity index (χ0v) is 25.9. The summed E-state index contributed by atoms with van der Waals surface area (Å²) in [6.07, 6.45) is 2.16. The summed E-state index contributed by atoms with van der Waals surface area (Å²) in [5.41, 5.74) is 16.9. The average molecular weight is 626 g/mol. The van der Waals surface area contributed by atoms with Crippen LogP contribution in [0.1, 0.15) is 60.7 Å². The molecule has 0 aliphatic rings. The van der Waals surface area contributed by atoms with Gasteiger partial charge in [0.1, 0.15) is 23.1 Å². The fourth-order valence-corrected chi connectivity index (χ4v) is 3.56. The topological polar surface area (TPSA) is 221 Å². The number of nitrogens with two attached hydrogens (primary N) is 3. The number of rotatable bonds is 14. The number of halogens is 1. The van der Waals surface area contributed by atoms with Gasteiger partial charge in [-0.25, -0.2) is 4.79 Å². The van der Waals surface area contributed by atoms with E-state index in [1.54, 1.807) is 18.2 Å². The number of ether oxygens (including phenoxy) is 2. The molecule has 14 heteroatoms. The third kappa shape index (κ3) is 15.8. The smallest absolute Gasteiger partial charge is 0.339 e. The third-order valence-electron chi connectivity index (χ3n) is 5.83. The number of para-hydroxylation sites is 1. The van der Waals surface area contributed by atoms with Crippen LogP contribution in [0.4, 0.5) is 5.69 Å². The Bertz CT molecular complexity index is 1180. The van der Waals surface area contributed by atoms with Crippen LogP contribution in [0.2, 0.25) is 5.02 Å². The third-order valence-corrected chi connectivity index (χ3v) is 6.16. The maximum absolute atomic E-state index is 12.1. The van der Waals surface area contributed by atoms with Gasteiger partial charge in [0, 0.05) is 26.1 Å². The summed E-state index contributed by atoms with van der Waals surface area (Å²) in [5.74, 6) is -2.30. The van der Waals surface area contributed by atoms with Crippen molar-refractivity contribution in [1.29, 1.82) is 0 Å². The number of nitrogen functional groups attached to an aromatic ring is 1. The summed E-state index contributed by atoms with van der Waals surface area (Å²) in [6.45, 7) is 9.31. The van der Waals surface area contributed by atoms with Crippen molar-refractivity contribution in [3.8, 4) is 11.5 Å². The van der Waals surface area contributed by atoms with E-state index in [4.69, 9.17) is 43.8 Å². The normalized spacial score (nSPS) is 10.8. The van der Waals surface area contributed by atoms with Crippen LogP contribution in [0, 0.1) is 0 Å². The number of nitrogens with zero attached hydrogens (tertiary/aromatic N) is 1. The molecule has 43 heavy (non-hydrogen) atoms. The van der Waals surface area contributed by atoms with Crippen LogP contribution in [0.3, 0.4) is 0 Å². The first-order valence-corrected chi connectivity index (χ1v) is 14.0. The number of hydrogen-bond acceptors (Lipinski definition) is 10. The molecule has 2 aromatic carbocycles. The van der Waals surface area contributed by atoms with Crippen molar-refractivity contribution in [3.63, 3.8) is 0 Å². The van der Waals surface area contributed by atoms with Crippen LogP contribution in [0.15, 0.2) is 36.4 Å². The quantitative estimate of drug-likeness (QED) is 0.0772. The number of amides is 1. The minimum absolute atomic E-state index is 0.0160. The molecule has 2 aromatic rings. The van der Waals surface area contributed by atoms with E-state index < -0.39 is 23.9 Å². The Labute approximate surface area is 257 Å². The molecule has 240 valence electrons. The van der Waals surface area contributed by atoms with E-state index in [1.807, 2.05) is 0 Å². The van der Waals surface area contributed by atoms with Crippen molar-refractivity contribution in [2.75, 3.05) is 45.6 Å². The number of carbonyl (C=O) groups excluding carboxylic acids is 2. The largest absolute Gasteiger partial charge is 0.496 e. The Morgan fingerprint density at radius 3 is 2.16 bits per heavy atom. The molecule has 0 radical (unpaired) electrons. The number of aromatic carboxylic acids is 1. The Kier molecular flexibility index (Phi) is 19.8. The van der Waals surface area contributed by atoms with Crippen molar-refractivity contribution in [3.05, 3.63) is 52.5 Å². The van der Waals surface area contributed by atoms with Crippen LogP contribution in [0.25, 0.3) is 0 Å². The van der Waals surface area contributed by atoms with Gasteiger partial charge in [0.25, 0.3) is 5.91 Å². The van der Waals surface area contributed by atoms with Crippen LogP contribution in [-0.2, 0) is 9.59 Å². The fraction of sp³-hybridized carbons (Fsp3) is 0.448. The lowest BCUT2D eigenvalue weighted by atomic mass is 10.1. The first-order chi connectivity index (χ1) is 20.3. The first-order valence-electron chi connectivity index (χ1n) is 13.6. The highest BCUT2D eigenvalue weighted by molar-refractivity contribution is 6.33. The zero-order valence-electron chi connectivity index (χ0n) is 25.1. The number of nitrogens with one attached hydrogen (secondary N) is 1. The highest BCUT2D eigenvalue weighted by Crippen LogP contribution is 2.28. The molecule has 1 amide bonds. The van der Waals surface area contributed by atoms with Crippen LogP contribution in [-0.4, -0.2) is 84.8 Å². The summed E-state index contributed by atoms with van der Waals surface area (Å²) in [5, 5.41) is 20.2. The summed E-state index contributed by atoms with van der Waals surface area (Å²) in [6, 6.07) is 8.35. The Balaban J connectivity index is 0.000000662. The number of benzene rings is 2. The van der Waals surface area contributed by atoms with Gasteiger partial charge in [0.15, 0.2) is 0 Å². The van der Waals surface area contributed by atoms with Gasteiger partial charge in [-0.15, -0.1) is 0 Å². The van der Waals surface area contributed by atoms with E-state index in [0.29, 0.717) is 41.5 Å². The minimum atomic E-state index is -1.11. The second kappa shape index (κ2) is 21.7. The average Bonchev–Trinajstić information content (AvgIpc) is 2.97. The predicted molar refractivity (Wildman–Crippen MR) is 166 cm³/mol. The molecule has 0 aromatic heterocycles. The molecule has 0 saturated heterocycles. The van der Waals surface area contributed by atoms with E-state index in [2.05, 4.69) is 28.8 Å². The number of aliphatic carboxylic acids is 1. The molecule has 13 nitrogen and oxygen atoms in total. The summed E-state index contributed by atoms with van der Waals surface area (Å²) in [4.78, 5) is 45.7. The van der Waals surface area contributed by atoms with Gasteiger partial charge in [-0.1, -0.05) is 44.0 Å². The van der Waals surface area contributed by atoms with Crippen LogP contribution in [0.5, 0.6) is 11.5 Å². The SMILES string of the molecule is CC(=O)Oc1ccccc1C(=O)O.CCN(CC)CCNC(=O)c1cc(Cl)c(N)cc1OC.NCCCCC(N)C(=O)O. The molecule has 0 fully saturated rings. The van der Waals surface area contributed by atoms with E-state index in [9.17, 15) is 19.2 Å². The van der Waals surface area contributed by atoms with Gasteiger partial charge in [0.05, 0.1) is 23.4 Å². The fourth-order valence-electron chi connectivity index (χ4n) is 3.40. The molecule has 0 aliphatic carbocycles. The standard InChI is InChI=1S/C14H22ClN3O2.C9H8O4.C6H14N2O2/c1-4-18(5-2)7-6-17-14(19)10-8-11(15)12(16)9-13(10)20-3;1-6(10)13-8-5-3-2-4-7(8)9(11)12;7-4-2-1-3-5(8)6(9)10/h8-9H,4-7,16H2,1-3H3,(H,17,19);2-5H,1H3,(H,11,12);5H,1-4,7-8H2,(H,9,10). The second-order valence-electron chi connectivity index (χ2n) is 8.98. The van der Waals surface area contributed by atoms with Crippen molar-refractivity contribution in [1.82, 2.24) is 10.2 Å². The molecule has 1 unspecified atom stereocenters. The Morgan fingerprint density at radius 2 is 1.65 bits per heavy atom. The summed E-state index contributed by atoms with van der Waals surface area (Å²) >= 11 is 5.95. The Hall–Kier alpha value is -3.91. The van der Waals surface area contributed by atoms with Crippen molar-refractivity contribution in [2.24, 2.45) is 11.5 Å². The number of hydrogen-bond donors (Lipinski definition) is 6. The van der Waals surface area contributed by atoms with E-state index in [1.165, 1.54) is 32.2 Å². The van der Waals surface area contributed by atoms with Crippen molar-refractivity contribution < 1.29 is 38.9 Å². The maximum atomic E-state index is 12.1. The first kappa shape index (κ1) is 39.1. The predicted octanol–water partition coefficient (Wildman–Crippen LogP) is 2.84. The van der Waals surface area contributed by atoms with Crippen LogP contribution < -0.4 is 32.0 Å². The molecule has 9 N–H and O–H groups in total. The Morgan fingerprint density at radius 1 is 1.02 bits per heavy atom. The molecular weight excluding hydrogens is 582 g/mol. The number of carboxylic acids is 2. The number of likely N-dealkylation sites (N-methyl/N-ethyl adjacent to an activating group) is 1. The second-order valence-corrected chi connectivity index (χ2v) is 9.39.